The highest BCUT2D eigenvalue weighted by atomic mass is 35.5. The molecule has 0 saturated carbocycles. The van der Waals surface area contributed by atoms with Crippen LogP contribution in [0.3, 0.4) is 0 Å². The molecule has 6 nitrogen and oxygen atoms in total. The van der Waals surface area contributed by atoms with Crippen molar-refractivity contribution in [2.45, 2.75) is 25.8 Å². The van der Waals surface area contributed by atoms with Crippen LogP contribution in [0.5, 0.6) is 0 Å². The van der Waals surface area contributed by atoms with E-state index in [2.05, 4.69) is 10.1 Å². The van der Waals surface area contributed by atoms with E-state index in [0.717, 1.165) is 12.2 Å². The Balaban J connectivity index is 1.62. The predicted octanol–water partition coefficient (Wildman–Crippen LogP) is 1.30. The van der Waals surface area contributed by atoms with E-state index < -0.39 is 0 Å². The molecule has 1 saturated heterocycles. The molecule has 0 unspecified atom stereocenters. The Morgan fingerprint density at radius 3 is 2.84 bits per heavy atom. The Hall–Kier alpha value is -2.18. The first kappa shape index (κ1) is 16.3. The summed E-state index contributed by atoms with van der Waals surface area (Å²) in [5.41, 5.74) is 1.33. The van der Waals surface area contributed by atoms with E-state index in [1.165, 1.54) is 32.4 Å². The van der Waals surface area contributed by atoms with Gasteiger partial charge in [0.2, 0.25) is 0 Å². The highest BCUT2D eigenvalue weighted by Gasteiger charge is 2.15. The lowest BCUT2D eigenvalue weighted by molar-refractivity contribution is -0.905. The third-order valence-electron chi connectivity index (χ3n) is 4.87. The van der Waals surface area contributed by atoms with Crippen LogP contribution < -0.4 is 10.5 Å². The van der Waals surface area contributed by atoms with Crippen LogP contribution in [0.2, 0.25) is 5.02 Å². The fourth-order valence-electron chi connectivity index (χ4n) is 3.49. The van der Waals surface area contributed by atoms with Gasteiger partial charge in [0.05, 0.1) is 38.1 Å². The van der Waals surface area contributed by atoms with Crippen LogP contribution in [0.25, 0.3) is 16.7 Å². The maximum Gasteiger partial charge on any atom is 0.264 e. The summed E-state index contributed by atoms with van der Waals surface area (Å²) in [6, 6.07) is 7.36. The van der Waals surface area contributed by atoms with Gasteiger partial charge in [-0.2, -0.15) is 5.10 Å². The van der Waals surface area contributed by atoms with Crippen molar-refractivity contribution in [2.75, 3.05) is 19.6 Å². The molecule has 4 rings (SSSR count). The minimum atomic E-state index is -0.0327. The summed E-state index contributed by atoms with van der Waals surface area (Å²) in [6.45, 7) is 4.07. The molecule has 1 N–H and O–H groups in total. The van der Waals surface area contributed by atoms with Gasteiger partial charge in [0, 0.05) is 5.02 Å². The average molecular weight is 359 g/mol. The summed E-state index contributed by atoms with van der Waals surface area (Å²) in [5, 5.41) is 5.50. The molecule has 3 heterocycles. The van der Waals surface area contributed by atoms with Crippen molar-refractivity contribution in [1.82, 2.24) is 19.3 Å². The summed E-state index contributed by atoms with van der Waals surface area (Å²) in [6.07, 6.45) is 7.13. The molecule has 7 heteroatoms. The molecule has 1 fully saturated rings. The number of fused-ring (bicyclic) bond motifs is 1. The first-order chi connectivity index (χ1) is 12.2. The zero-order valence-corrected chi connectivity index (χ0v) is 14.7. The summed E-state index contributed by atoms with van der Waals surface area (Å²) >= 11 is 6.05. The molecule has 0 radical (unpaired) electrons. The molecule has 0 atom stereocenters. The molecule has 1 aliphatic heterocycles. The van der Waals surface area contributed by atoms with Crippen LogP contribution in [-0.2, 0) is 6.54 Å². The molecule has 1 aliphatic rings. The Bertz CT molecular complexity index is 942. The number of nitrogens with one attached hydrogen (secondary N) is 1. The van der Waals surface area contributed by atoms with Gasteiger partial charge in [0.1, 0.15) is 11.7 Å². The zero-order chi connectivity index (χ0) is 17.2. The quantitative estimate of drug-likeness (QED) is 0.765. The first-order valence-corrected chi connectivity index (χ1v) is 9.13. The predicted molar refractivity (Wildman–Crippen MR) is 97.5 cm³/mol. The molecule has 0 aliphatic carbocycles. The second-order valence-electron chi connectivity index (χ2n) is 6.58. The maximum atomic E-state index is 12.7. The number of rotatable bonds is 4. The van der Waals surface area contributed by atoms with Gasteiger partial charge in [-0.15, -0.1) is 0 Å². The number of piperidine rings is 1. The minimum Gasteiger partial charge on any atom is -0.333 e. The monoisotopic (exact) mass is 358 g/mol. The van der Waals surface area contributed by atoms with Crippen molar-refractivity contribution >= 4 is 22.6 Å². The van der Waals surface area contributed by atoms with Crippen molar-refractivity contribution in [1.29, 1.82) is 0 Å². The molecule has 2 aromatic heterocycles. The van der Waals surface area contributed by atoms with Crippen molar-refractivity contribution in [3.05, 3.63) is 52.2 Å². The van der Waals surface area contributed by atoms with E-state index in [-0.39, 0.29) is 5.56 Å². The number of nitrogens with zero attached hydrogens (tertiary/aromatic N) is 4. The van der Waals surface area contributed by atoms with Gasteiger partial charge in [-0.25, -0.2) is 9.67 Å². The van der Waals surface area contributed by atoms with E-state index in [0.29, 0.717) is 22.6 Å². The molecule has 0 bridgehead atoms. The van der Waals surface area contributed by atoms with Crippen LogP contribution in [0.4, 0.5) is 0 Å². The number of likely N-dealkylation sites (tertiary alicyclic amines) is 1. The highest BCUT2D eigenvalue weighted by Crippen LogP contribution is 2.17. The summed E-state index contributed by atoms with van der Waals surface area (Å²) in [4.78, 5) is 18.8. The Morgan fingerprint density at radius 1 is 1.20 bits per heavy atom. The van der Waals surface area contributed by atoms with Gasteiger partial charge >= 0.3 is 0 Å². The van der Waals surface area contributed by atoms with Gasteiger partial charge < -0.3 is 4.90 Å². The molecule has 25 heavy (non-hydrogen) atoms. The van der Waals surface area contributed by atoms with Gasteiger partial charge in [0.25, 0.3) is 5.56 Å². The van der Waals surface area contributed by atoms with Crippen molar-refractivity contribution in [3.8, 4) is 5.69 Å². The SMILES string of the molecule is O=c1c2cnn(-c3cccc(Cl)c3)c2ncn1CC[NH+]1CCCCC1. The standard InChI is InChI=1S/C18H20ClN5O/c19-14-5-4-6-15(11-14)24-17-16(12-21-24)18(25)23(13-20-17)10-9-22-7-2-1-3-8-22/h4-6,11-13H,1-3,7-10H2/p+1. The van der Waals surface area contributed by atoms with Gasteiger partial charge in [-0.05, 0) is 37.5 Å². The summed E-state index contributed by atoms with van der Waals surface area (Å²) in [7, 11) is 0. The second kappa shape index (κ2) is 6.98. The van der Waals surface area contributed by atoms with Crippen molar-refractivity contribution < 1.29 is 4.90 Å². The van der Waals surface area contributed by atoms with Gasteiger partial charge in [-0.1, -0.05) is 17.7 Å². The Kier molecular flexibility index (Phi) is 4.55. The van der Waals surface area contributed by atoms with E-state index in [1.807, 2.05) is 12.1 Å². The fraction of sp³-hybridized carbons (Fsp3) is 0.389. The van der Waals surface area contributed by atoms with Crippen molar-refractivity contribution in [3.63, 3.8) is 0 Å². The summed E-state index contributed by atoms with van der Waals surface area (Å²) < 4.78 is 3.36. The minimum absolute atomic E-state index is 0.0327. The normalized spacial score (nSPS) is 15.7. The van der Waals surface area contributed by atoms with Crippen LogP contribution in [0, 0.1) is 0 Å². The Morgan fingerprint density at radius 2 is 2.04 bits per heavy atom. The van der Waals surface area contributed by atoms with E-state index in [4.69, 9.17) is 11.6 Å². The lowest BCUT2D eigenvalue weighted by Gasteiger charge is -2.23. The van der Waals surface area contributed by atoms with Crippen LogP contribution in [-0.4, -0.2) is 39.0 Å². The number of aromatic nitrogens is 4. The molecular formula is C18H21ClN5O+. The van der Waals surface area contributed by atoms with Crippen LogP contribution in [0.15, 0.2) is 41.6 Å². The summed E-state index contributed by atoms with van der Waals surface area (Å²) in [5.74, 6) is 0. The topological polar surface area (TPSA) is 57.1 Å². The highest BCUT2D eigenvalue weighted by molar-refractivity contribution is 6.30. The third kappa shape index (κ3) is 3.32. The first-order valence-electron chi connectivity index (χ1n) is 8.75. The lowest BCUT2D eigenvalue weighted by Crippen LogP contribution is -3.13. The van der Waals surface area contributed by atoms with E-state index in [9.17, 15) is 4.79 Å². The zero-order valence-electron chi connectivity index (χ0n) is 14.0. The second-order valence-corrected chi connectivity index (χ2v) is 7.01. The van der Waals surface area contributed by atoms with Gasteiger partial charge in [-0.3, -0.25) is 9.36 Å². The molecule has 0 spiro atoms. The van der Waals surface area contributed by atoms with Crippen LogP contribution in [0.1, 0.15) is 19.3 Å². The Labute approximate surface area is 150 Å². The molecular weight excluding hydrogens is 338 g/mol. The number of quaternary nitrogens is 1. The van der Waals surface area contributed by atoms with E-state index >= 15 is 0 Å². The van der Waals surface area contributed by atoms with Crippen molar-refractivity contribution in [2.24, 2.45) is 0 Å². The van der Waals surface area contributed by atoms with Crippen LogP contribution >= 0.6 is 11.6 Å². The molecule has 130 valence electrons. The number of benzene rings is 1. The maximum absolute atomic E-state index is 12.7. The number of hydrogen-bond acceptors (Lipinski definition) is 3. The molecule has 3 aromatic rings. The fourth-order valence-corrected chi connectivity index (χ4v) is 3.67. The van der Waals surface area contributed by atoms with E-state index in [1.54, 1.807) is 38.8 Å². The average Bonchev–Trinajstić information content (AvgIpc) is 3.07. The third-order valence-corrected chi connectivity index (χ3v) is 5.11. The molecule has 1 aromatic carbocycles. The lowest BCUT2D eigenvalue weighted by atomic mass is 10.1. The van der Waals surface area contributed by atoms with Gasteiger partial charge in [0.15, 0.2) is 5.65 Å². The number of halogens is 1. The largest absolute Gasteiger partial charge is 0.333 e. The molecule has 0 amide bonds. The number of hydrogen-bond donors (Lipinski definition) is 1. The smallest absolute Gasteiger partial charge is 0.264 e.